The molecule has 6 heteroatoms. The van der Waals surface area contributed by atoms with Crippen molar-refractivity contribution in [2.75, 3.05) is 0 Å². The Bertz CT molecular complexity index is 1060. The minimum atomic E-state index is -0.0312. The predicted molar refractivity (Wildman–Crippen MR) is 106 cm³/mol. The molecule has 1 fully saturated rings. The first-order chi connectivity index (χ1) is 12.5. The van der Waals surface area contributed by atoms with Gasteiger partial charge >= 0.3 is 0 Å². The third kappa shape index (κ3) is 2.81. The van der Waals surface area contributed by atoms with E-state index in [9.17, 15) is 4.79 Å². The lowest BCUT2D eigenvalue weighted by molar-refractivity contribution is 0.222. The van der Waals surface area contributed by atoms with Crippen LogP contribution in [0.25, 0.3) is 22.3 Å². The molecule has 1 saturated carbocycles. The minimum absolute atomic E-state index is 0.0312. The maximum absolute atomic E-state index is 12.9. The van der Waals surface area contributed by atoms with Gasteiger partial charge in [0.15, 0.2) is 0 Å². The Balaban J connectivity index is 2.00. The van der Waals surface area contributed by atoms with E-state index < -0.39 is 0 Å². The molecule has 2 aromatic heterocycles. The molecular weight excluding hydrogens is 369 g/mol. The van der Waals surface area contributed by atoms with Crippen molar-refractivity contribution in [1.82, 2.24) is 14.5 Å². The van der Waals surface area contributed by atoms with E-state index >= 15 is 0 Å². The topological polar surface area (TPSA) is 47.8 Å². The van der Waals surface area contributed by atoms with Gasteiger partial charge < -0.3 is 4.57 Å². The predicted octanol–water partition coefficient (Wildman–Crippen LogP) is 5.43. The Hall–Kier alpha value is -1.91. The summed E-state index contributed by atoms with van der Waals surface area (Å²) in [5.74, 6) is 0.536. The summed E-state index contributed by atoms with van der Waals surface area (Å²) in [5.41, 5.74) is 3.37. The van der Waals surface area contributed by atoms with E-state index in [4.69, 9.17) is 23.2 Å². The van der Waals surface area contributed by atoms with Crippen LogP contribution < -0.4 is 5.56 Å². The van der Waals surface area contributed by atoms with Crippen LogP contribution in [0.1, 0.15) is 37.9 Å². The van der Waals surface area contributed by atoms with E-state index in [1.807, 2.05) is 16.7 Å². The van der Waals surface area contributed by atoms with Crippen LogP contribution in [0.5, 0.6) is 0 Å². The van der Waals surface area contributed by atoms with E-state index in [0.29, 0.717) is 32.9 Å². The molecule has 134 valence electrons. The van der Waals surface area contributed by atoms with Crippen LogP contribution in [0.3, 0.4) is 0 Å². The summed E-state index contributed by atoms with van der Waals surface area (Å²) < 4.78 is 1.89. The lowest BCUT2D eigenvalue weighted by Gasteiger charge is -2.33. The number of rotatable bonds is 3. The van der Waals surface area contributed by atoms with Gasteiger partial charge in [-0.15, -0.1) is 0 Å². The third-order valence-electron chi connectivity index (χ3n) is 5.40. The molecule has 1 aliphatic rings. The number of hydrogen-bond donors (Lipinski definition) is 0. The number of aryl methyl sites for hydroxylation is 1. The van der Waals surface area contributed by atoms with E-state index in [-0.39, 0.29) is 11.6 Å². The summed E-state index contributed by atoms with van der Waals surface area (Å²) in [6.45, 7) is 3.88. The third-order valence-corrected chi connectivity index (χ3v) is 5.94. The normalized spacial score (nSPS) is 15.8. The second-order valence-electron chi connectivity index (χ2n) is 6.96. The molecule has 26 heavy (non-hydrogen) atoms. The first kappa shape index (κ1) is 17.5. The highest BCUT2D eigenvalue weighted by Gasteiger charge is 2.28. The highest BCUT2D eigenvalue weighted by Crippen LogP contribution is 2.38. The molecule has 0 aliphatic heterocycles. The van der Waals surface area contributed by atoms with Gasteiger partial charge in [-0.3, -0.25) is 9.78 Å². The molecule has 1 aromatic carbocycles. The van der Waals surface area contributed by atoms with Gasteiger partial charge in [-0.25, -0.2) is 4.98 Å². The van der Waals surface area contributed by atoms with E-state index in [2.05, 4.69) is 16.9 Å². The van der Waals surface area contributed by atoms with Crippen molar-refractivity contribution in [3.8, 4) is 11.3 Å². The number of hydrogen-bond acceptors (Lipinski definition) is 3. The second kappa shape index (κ2) is 6.67. The molecule has 0 bridgehead atoms. The minimum Gasteiger partial charge on any atom is -0.302 e. The molecule has 0 amide bonds. The zero-order valence-corrected chi connectivity index (χ0v) is 16.2. The van der Waals surface area contributed by atoms with E-state index in [1.165, 1.54) is 6.42 Å². The van der Waals surface area contributed by atoms with Crippen LogP contribution in [-0.4, -0.2) is 14.5 Å². The highest BCUT2D eigenvalue weighted by atomic mass is 35.5. The van der Waals surface area contributed by atoms with Gasteiger partial charge in [-0.1, -0.05) is 29.6 Å². The fraction of sp³-hybridized carbons (Fsp3) is 0.350. The van der Waals surface area contributed by atoms with E-state index in [0.717, 1.165) is 23.9 Å². The van der Waals surface area contributed by atoms with Crippen molar-refractivity contribution in [1.29, 1.82) is 0 Å². The van der Waals surface area contributed by atoms with Gasteiger partial charge in [-0.05, 0) is 56.9 Å². The summed E-state index contributed by atoms with van der Waals surface area (Å²) in [5, 5.41) is 1.08. The van der Waals surface area contributed by atoms with Crippen LogP contribution in [0, 0.1) is 12.8 Å². The summed E-state index contributed by atoms with van der Waals surface area (Å²) in [4.78, 5) is 22.0. The maximum atomic E-state index is 12.9. The Morgan fingerprint density at radius 2 is 2.00 bits per heavy atom. The quantitative estimate of drug-likeness (QED) is 0.601. The molecule has 0 spiro atoms. The fourth-order valence-corrected chi connectivity index (χ4v) is 4.16. The van der Waals surface area contributed by atoms with Crippen molar-refractivity contribution in [2.24, 2.45) is 5.92 Å². The summed E-state index contributed by atoms with van der Waals surface area (Å²) in [7, 11) is 0. The van der Waals surface area contributed by atoms with Gasteiger partial charge in [0, 0.05) is 22.8 Å². The first-order valence-corrected chi connectivity index (χ1v) is 9.56. The largest absolute Gasteiger partial charge is 0.302 e. The Morgan fingerprint density at radius 1 is 1.23 bits per heavy atom. The lowest BCUT2D eigenvalue weighted by Crippen LogP contribution is -2.33. The summed E-state index contributed by atoms with van der Waals surface area (Å²) in [6.07, 6.45) is 5.27. The molecule has 1 atom stereocenters. The number of pyridine rings is 1. The SMILES string of the molecule is Cc1nc2c(-c3ccc(Cl)cc3Cl)nccc2n([C@@H](C)C2CCC2)c1=O. The van der Waals surface area contributed by atoms with E-state index in [1.54, 1.807) is 25.3 Å². The van der Waals surface area contributed by atoms with Crippen molar-refractivity contribution in [3.63, 3.8) is 0 Å². The average Bonchev–Trinajstić information content (AvgIpc) is 2.54. The maximum Gasteiger partial charge on any atom is 0.272 e. The standard InChI is InChI=1S/C20H19Cl2N3O/c1-11-20(26)25(12(2)13-4-3-5-13)17-8-9-23-18(19(17)24-11)15-7-6-14(21)10-16(15)22/h6-10,12-13H,3-5H2,1-2H3/t12-/m0/s1. The van der Waals surface area contributed by atoms with Crippen LogP contribution in [0.15, 0.2) is 35.3 Å². The Kier molecular flexibility index (Phi) is 4.49. The zero-order chi connectivity index (χ0) is 18.4. The molecule has 2 heterocycles. The molecule has 0 radical (unpaired) electrons. The van der Waals surface area contributed by atoms with Crippen molar-refractivity contribution < 1.29 is 0 Å². The molecule has 0 unspecified atom stereocenters. The van der Waals surface area contributed by atoms with Crippen LogP contribution in [0.4, 0.5) is 0 Å². The van der Waals surface area contributed by atoms with Crippen LogP contribution in [0.2, 0.25) is 10.0 Å². The molecule has 0 N–H and O–H groups in total. The van der Waals surface area contributed by atoms with Crippen molar-refractivity contribution in [2.45, 2.75) is 39.2 Å². The van der Waals surface area contributed by atoms with Gasteiger partial charge in [0.05, 0.1) is 16.2 Å². The molecule has 4 rings (SSSR count). The van der Waals surface area contributed by atoms with Gasteiger partial charge in [0.2, 0.25) is 0 Å². The monoisotopic (exact) mass is 387 g/mol. The highest BCUT2D eigenvalue weighted by molar-refractivity contribution is 6.36. The van der Waals surface area contributed by atoms with Gasteiger partial charge in [0.1, 0.15) is 11.2 Å². The molecular formula is C20H19Cl2N3O. The average molecular weight is 388 g/mol. The molecule has 4 nitrogen and oxygen atoms in total. The zero-order valence-electron chi connectivity index (χ0n) is 14.7. The lowest BCUT2D eigenvalue weighted by atomic mass is 9.80. The fourth-order valence-electron chi connectivity index (χ4n) is 3.66. The first-order valence-electron chi connectivity index (χ1n) is 8.80. The van der Waals surface area contributed by atoms with Crippen LogP contribution in [-0.2, 0) is 0 Å². The number of nitrogens with zero attached hydrogens (tertiary/aromatic N) is 3. The summed E-state index contributed by atoms with van der Waals surface area (Å²) in [6, 6.07) is 7.32. The molecule has 1 aliphatic carbocycles. The Morgan fingerprint density at radius 3 is 2.65 bits per heavy atom. The number of halogens is 2. The molecule has 3 aromatic rings. The smallest absolute Gasteiger partial charge is 0.272 e. The van der Waals surface area contributed by atoms with Crippen LogP contribution >= 0.6 is 23.2 Å². The Labute approximate surface area is 161 Å². The van der Waals surface area contributed by atoms with Gasteiger partial charge in [-0.2, -0.15) is 0 Å². The number of fused-ring (bicyclic) bond motifs is 1. The number of aromatic nitrogens is 3. The molecule has 0 saturated heterocycles. The van der Waals surface area contributed by atoms with Gasteiger partial charge in [0.25, 0.3) is 5.56 Å². The second-order valence-corrected chi connectivity index (χ2v) is 7.80. The number of benzene rings is 1. The summed E-state index contributed by atoms with van der Waals surface area (Å²) >= 11 is 12.4. The van der Waals surface area contributed by atoms with Crippen molar-refractivity contribution >= 4 is 34.2 Å². The van der Waals surface area contributed by atoms with Crippen molar-refractivity contribution in [3.05, 3.63) is 56.6 Å².